The van der Waals surface area contributed by atoms with Gasteiger partial charge in [0.05, 0.1) is 5.02 Å². The first-order valence-electron chi connectivity index (χ1n) is 6.10. The number of hydrogen-bond donors (Lipinski definition) is 1. The minimum Gasteiger partial charge on any atom is -0.482 e. The second-order valence-corrected chi connectivity index (χ2v) is 6.67. The van der Waals surface area contributed by atoms with Crippen LogP contribution in [-0.2, 0) is 0 Å². The molecule has 2 rings (SSSR count). The summed E-state index contributed by atoms with van der Waals surface area (Å²) in [5.74, 6) is 0.610. The van der Waals surface area contributed by atoms with E-state index >= 15 is 0 Å². The first-order valence-corrected chi connectivity index (χ1v) is 8.07. The van der Waals surface area contributed by atoms with Gasteiger partial charge >= 0.3 is 0 Å². The molecule has 0 aliphatic rings. The highest BCUT2D eigenvalue weighted by molar-refractivity contribution is 9.10. The van der Waals surface area contributed by atoms with Crippen molar-refractivity contribution in [2.45, 2.75) is 19.1 Å². The Labute approximate surface area is 140 Å². The van der Waals surface area contributed by atoms with E-state index in [1.165, 1.54) is 0 Å². The molecule has 0 aliphatic carbocycles. The van der Waals surface area contributed by atoms with Crippen LogP contribution in [0.3, 0.4) is 0 Å². The number of nitrogens with two attached hydrogens (primary N) is 1. The molecule has 0 aromatic heterocycles. The zero-order chi connectivity index (χ0) is 14.7. The van der Waals surface area contributed by atoms with Gasteiger partial charge in [0.25, 0.3) is 0 Å². The van der Waals surface area contributed by atoms with Crippen LogP contribution >= 0.6 is 43.5 Å². The molecular formula is C15H14Br2ClNO. The predicted molar refractivity (Wildman–Crippen MR) is 90.3 cm³/mol. The lowest BCUT2D eigenvalue weighted by Crippen LogP contribution is -2.29. The molecule has 0 heterocycles. The van der Waals surface area contributed by atoms with E-state index in [4.69, 9.17) is 22.1 Å². The maximum absolute atomic E-state index is 6.17. The third-order valence-corrected chi connectivity index (χ3v) is 4.36. The van der Waals surface area contributed by atoms with E-state index in [1.807, 2.05) is 43.3 Å². The van der Waals surface area contributed by atoms with E-state index in [9.17, 15) is 0 Å². The summed E-state index contributed by atoms with van der Waals surface area (Å²) in [7, 11) is 0. The van der Waals surface area contributed by atoms with E-state index in [1.54, 1.807) is 6.07 Å². The summed E-state index contributed by atoms with van der Waals surface area (Å²) in [6.07, 6.45) is -0.280. The van der Waals surface area contributed by atoms with E-state index < -0.39 is 0 Å². The normalized spacial score (nSPS) is 13.8. The van der Waals surface area contributed by atoms with Crippen molar-refractivity contribution in [1.82, 2.24) is 0 Å². The largest absolute Gasteiger partial charge is 0.482 e. The van der Waals surface area contributed by atoms with Crippen molar-refractivity contribution in [3.63, 3.8) is 0 Å². The van der Waals surface area contributed by atoms with Crippen LogP contribution in [0.1, 0.15) is 18.6 Å². The van der Waals surface area contributed by atoms with Gasteiger partial charge in [0.15, 0.2) is 0 Å². The number of hydrogen-bond acceptors (Lipinski definition) is 2. The van der Waals surface area contributed by atoms with Crippen molar-refractivity contribution < 1.29 is 4.74 Å². The van der Waals surface area contributed by atoms with Crippen LogP contribution in [-0.4, -0.2) is 6.04 Å². The standard InChI is InChI=1S/C15H14Br2ClNO/c1-9(19)15(11-4-2-3-5-12(11)17)20-14-8-10(16)6-7-13(14)18/h2-9,15H,19H2,1H3. The van der Waals surface area contributed by atoms with Gasteiger partial charge in [0, 0.05) is 20.6 Å². The SMILES string of the molecule is CC(N)C(Oc1cc(Br)ccc1Cl)c1ccccc1Br. The van der Waals surface area contributed by atoms with Gasteiger partial charge < -0.3 is 10.5 Å². The van der Waals surface area contributed by atoms with Crippen LogP contribution in [0.4, 0.5) is 0 Å². The lowest BCUT2D eigenvalue weighted by molar-refractivity contribution is 0.180. The topological polar surface area (TPSA) is 35.2 Å². The Morgan fingerprint density at radius 1 is 1.15 bits per heavy atom. The molecule has 106 valence electrons. The second kappa shape index (κ2) is 6.94. The number of rotatable bonds is 4. The molecule has 20 heavy (non-hydrogen) atoms. The second-order valence-electron chi connectivity index (χ2n) is 4.49. The number of halogens is 3. The van der Waals surface area contributed by atoms with Gasteiger partial charge in [0.1, 0.15) is 11.9 Å². The summed E-state index contributed by atoms with van der Waals surface area (Å²) in [6, 6.07) is 13.2. The van der Waals surface area contributed by atoms with Crippen molar-refractivity contribution in [3.8, 4) is 5.75 Å². The van der Waals surface area contributed by atoms with Crippen molar-refractivity contribution in [2.75, 3.05) is 0 Å². The third-order valence-electron chi connectivity index (χ3n) is 2.84. The van der Waals surface area contributed by atoms with Gasteiger partial charge in [0.2, 0.25) is 0 Å². The number of benzene rings is 2. The first kappa shape index (κ1) is 15.8. The zero-order valence-corrected chi connectivity index (χ0v) is 14.7. The predicted octanol–water partition coefficient (Wildman–Crippen LogP) is 5.33. The van der Waals surface area contributed by atoms with Crippen LogP contribution < -0.4 is 10.5 Å². The monoisotopic (exact) mass is 417 g/mol. The first-order chi connectivity index (χ1) is 9.49. The molecule has 2 aromatic carbocycles. The van der Waals surface area contributed by atoms with Crippen LogP contribution in [0.25, 0.3) is 0 Å². The third kappa shape index (κ3) is 3.76. The highest BCUT2D eigenvalue weighted by atomic mass is 79.9. The zero-order valence-electron chi connectivity index (χ0n) is 10.8. The molecule has 0 amide bonds. The maximum Gasteiger partial charge on any atom is 0.140 e. The molecule has 0 radical (unpaired) electrons. The maximum atomic E-state index is 6.17. The average Bonchev–Trinajstić information content (AvgIpc) is 2.40. The van der Waals surface area contributed by atoms with Crippen LogP contribution in [0.15, 0.2) is 51.4 Å². The highest BCUT2D eigenvalue weighted by Crippen LogP contribution is 2.34. The fraction of sp³-hybridized carbons (Fsp3) is 0.200. The molecule has 0 bridgehead atoms. The Morgan fingerprint density at radius 2 is 1.85 bits per heavy atom. The van der Waals surface area contributed by atoms with E-state index in [-0.39, 0.29) is 12.1 Å². The molecule has 0 spiro atoms. The van der Waals surface area contributed by atoms with Crippen LogP contribution in [0.5, 0.6) is 5.75 Å². The molecule has 0 fully saturated rings. The molecule has 0 aliphatic heterocycles. The minimum absolute atomic E-state index is 0.177. The Hall–Kier alpha value is -0.550. The molecule has 2 aromatic rings. The fourth-order valence-electron chi connectivity index (χ4n) is 1.86. The molecule has 0 saturated heterocycles. The molecule has 5 heteroatoms. The van der Waals surface area contributed by atoms with Gasteiger partial charge in [-0.15, -0.1) is 0 Å². The summed E-state index contributed by atoms with van der Waals surface area (Å²) >= 11 is 13.1. The molecule has 2 N–H and O–H groups in total. The lowest BCUT2D eigenvalue weighted by Gasteiger charge is -2.24. The van der Waals surface area contributed by atoms with E-state index in [0.717, 1.165) is 14.5 Å². The van der Waals surface area contributed by atoms with Crippen molar-refractivity contribution in [3.05, 3.63) is 62.0 Å². The summed E-state index contributed by atoms with van der Waals surface area (Å²) in [5, 5.41) is 0.561. The Bertz CT molecular complexity index is 604. The lowest BCUT2D eigenvalue weighted by atomic mass is 10.0. The molecule has 2 atom stereocenters. The van der Waals surface area contributed by atoms with Crippen molar-refractivity contribution in [1.29, 1.82) is 0 Å². The average molecular weight is 420 g/mol. The highest BCUT2D eigenvalue weighted by Gasteiger charge is 2.21. The van der Waals surface area contributed by atoms with Gasteiger partial charge in [-0.2, -0.15) is 0 Å². The molecule has 2 unspecified atom stereocenters. The summed E-state index contributed by atoms with van der Waals surface area (Å²) in [5.41, 5.74) is 7.07. The summed E-state index contributed by atoms with van der Waals surface area (Å²) in [4.78, 5) is 0. The quantitative estimate of drug-likeness (QED) is 0.727. The van der Waals surface area contributed by atoms with Gasteiger partial charge in [-0.25, -0.2) is 0 Å². The van der Waals surface area contributed by atoms with Crippen molar-refractivity contribution in [2.24, 2.45) is 5.73 Å². The Balaban J connectivity index is 2.36. The fourth-order valence-corrected chi connectivity index (χ4v) is 2.88. The number of ether oxygens (including phenoxy) is 1. The van der Waals surface area contributed by atoms with Gasteiger partial charge in [-0.1, -0.05) is 61.7 Å². The molecule has 0 saturated carbocycles. The van der Waals surface area contributed by atoms with Crippen molar-refractivity contribution >= 4 is 43.5 Å². The van der Waals surface area contributed by atoms with Gasteiger partial charge in [-0.3, -0.25) is 0 Å². The smallest absolute Gasteiger partial charge is 0.140 e. The molecule has 2 nitrogen and oxygen atoms in total. The summed E-state index contributed by atoms with van der Waals surface area (Å²) < 4.78 is 7.91. The summed E-state index contributed by atoms with van der Waals surface area (Å²) in [6.45, 7) is 1.91. The van der Waals surface area contributed by atoms with E-state index in [2.05, 4.69) is 31.9 Å². The molecular weight excluding hydrogens is 405 g/mol. The Kier molecular flexibility index (Phi) is 5.49. The van der Waals surface area contributed by atoms with Crippen LogP contribution in [0.2, 0.25) is 5.02 Å². The van der Waals surface area contributed by atoms with Gasteiger partial charge in [-0.05, 0) is 31.2 Å². The minimum atomic E-state index is -0.280. The Morgan fingerprint density at radius 3 is 2.50 bits per heavy atom. The van der Waals surface area contributed by atoms with Crippen LogP contribution in [0, 0.1) is 0 Å². The van der Waals surface area contributed by atoms with E-state index in [0.29, 0.717) is 10.8 Å².